The van der Waals surface area contributed by atoms with Crippen LogP contribution < -0.4 is 10.6 Å². The fourth-order valence-corrected chi connectivity index (χ4v) is 1.62. The van der Waals surface area contributed by atoms with Crippen molar-refractivity contribution in [3.63, 3.8) is 0 Å². The second kappa shape index (κ2) is 5.74. The second-order valence-corrected chi connectivity index (χ2v) is 3.85. The van der Waals surface area contributed by atoms with Crippen LogP contribution in [0, 0.1) is 6.92 Å². The van der Waals surface area contributed by atoms with E-state index in [4.69, 9.17) is 5.11 Å². The summed E-state index contributed by atoms with van der Waals surface area (Å²) in [5.41, 5.74) is 0.779. The van der Waals surface area contributed by atoms with Crippen molar-refractivity contribution in [3.05, 3.63) is 41.7 Å². The number of benzene rings is 1. The molecule has 8 nitrogen and oxygen atoms in total. The minimum atomic E-state index is -1.11. The third-order valence-electron chi connectivity index (χ3n) is 2.44. The Morgan fingerprint density at radius 1 is 1.20 bits per heavy atom. The van der Waals surface area contributed by atoms with E-state index < -0.39 is 12.0 Å². The zero-order valence-electron chi connectivity index (χ0n) is 10.5. The maximum atomic E-state index is 11.7. The Bertz CT molecular complexity index is 645. The molecule has 8 heteroatoms. The molecule has 0 fully saturated rings. The van der Waals surface area contributed by atoms with Crippen LogP contribution in [0.5, 0.6) is 0 Å². The van der Waals surface area contributed by atoms with E-state index in [-0.39, 0.29) is 17.2 Å². The highest BCUT2D eigenvalue weighted by Gasteiger charge is 2.15. The molecule has 0 spiro atoms. The molecule has 3 N–H and O–H groups in total. The standard InChI is InChI=1S/C12H11N5O3/c1-7-3-2-4-8(9(7)10(18)19)15-12(20)16-11-13-5-6-14-17-11/h2-6H,1H3,(H,18,19)(H2,13,15,16,17,20). The van der Waals surface area contributed by atoms with Crippen molar-refractivity contribution in [1.82, 2.24) is 15.2 Å². The van der Waals surface area contributed by atoms with E-state index in [0.717, 1.165) is 0 Å². The molecule has 0 bridgehead atoms. The summed E-state index contributed by atoms with van der Waals surface area (Å²) in [5.74, 6) is -1.09. The van der Waals surface area contributed by atoms with Gasteiger partial charge in [0.15, 0.2) is 0 Å². The monoisotopic (exact) mass is 273 g/mol. The van der Waals surface area contributed by atoms with Crippen molar-refractivity contribution in [3.8, 4) is 0 Å². The summed E-state index contributed by atoms with van der Waals surface area (Å²) < 4.78 is 0. The number of carbonyl (C=O) groups excluding carboxylic acids is 1. The van der Waals surface area contributed by atoms with E-state index in [2.05, 4.69) is 25.8 Å². The summed E-state index contributed by atoms with van der Waals surface area (Å²) >= 11 is 0. The Labute approximate surface area is 113 Å². The number of amides is 2. The first-order chi connectivity index (χ1) is 9.58. The molecule has 2 aromatic rings. The summed E-state index contributed by atoms with van der Waals surface area (Å²) in [7, 11) is 0. The van der Waals surface area contributed by atoms with Crippen LogP contribution in [0.1, 0.15) is 15.9 Å². The highest BCUT2D eigenvalue weighted by Crippen LogP contribution is 2.19. The van der Waals surface area contributed by atoms with Gasteiger partial charge in [0.2, 0.25) is 0 Å². The first-order valence-corrected chi connectivity index (χ1v) is 5.62. The van der Waals surface area contributed by atoms with Crippen LogP contribution >= 0.6 is 0 Å². The Morgan fingerprint density at radius 2 is 2.00 bits per heavy atom. The van der Waals surface area contributed by atoms with E-state index >= 15 is 0 Å². The normalized spacial score (nSPS) is 9.85. The SMILES string of the molecule is Cc1cccc(NC(=O)Nc2nccnn2)c1C(=O)O. The van der Waals surface area contributed by atoms with E-state index in [0.29, 0.717) is 5.56 Å². The summed E-state index contributed by atoms with van der Waals surface area (Å²) in [6.45, 7) is 1.65. The van der Waals surface area contributed by atoms with Crippen LogP contribution in [0.3, 0.4) is 0 Å². The molecule has 2 rings (SSSR count). The number of aromatic nitrogens is 3. The van der Waals surface area contributed by atoms with Gasteiger partial charge in [-0.15, -0.1) is 5.10 Å². The van der Waals surface area contributed by atoms with E-state index in [1.54, 1.807) is 19.1 Å². The second-order valence-electron chi connectivity index (χ2n) is 3.85. The van der Waals surface area contributed by atoms with Crippen molar-refractivity contribution < 1.29 is 14.7 Å². The van der Waals surface area contributed by atoms with Crippen molar-refractivity contribution in [2.24, 2.45) is 0 Å². The third kappa shape index (κ3) is 3.05. The van der Waals surface area contributed by atoms with Gasteiger partial charge >= 0.3 is 12.0 Å². The van der Waals surface area contributed by atoms with Gasteiger partial charge in [-0.3, -0.25) is 5.32 Å². The Kier molecular flexibility index (Phi) is 3.85. The van der Waals surface area contributed by atoms with Gasteiger partial charge < -0.3 is 10.4 Å². The van der Waals surface area contributed by atoms with Crippen LogP contribution in [-0.4, -0.2) is 32.3 Å². The van der Waals surface area contributed by atoms with Gasteiger partial charge in [-0.1, -0.05) is 12.1 Å². The fourth-order valence-electron chi connectivity index (χ4n) is 1.62. The largest absolute Gasteiger partial charge is 0.478 e. The average Bonchev–Trinajstić information content (AvgIpc) is 2.39. The van der Waals surface area contributed by atoms with E-state index in [9.17, 15) is 9.59 Å². The molecule has 0 saturated heterocycles. The number of rotatable bonds is 3. The van der Waals surface area contributed by atoms with Gasteiger partial charge in [0, 0.05) is 0 Å². The molecule has 20 heavy (non-hydrogen) atoms. The molecule has 0 atom stereocenters. The molecule has 1 heterocycles. The highest BCUT2D eigenvalue weighted by molar-refractivity contribution is 6.04. The van der Waals surface area contributed by atoms with Crippen molar-refractivity contribution >= 4 is 23.6 Å². The molecule has 0 aliphatic rings. The zero-order chi connectivity index (χ0) is 14.5. The van der Waals surface area contributed by atoms with Crippen LogP contribution in [-0.2, 0) is 0 Å². The number of aromatic carboxylic acids is 1. The first kappa shape index (κ1) is 13.4. The molecule has 1 aromatic carbocycles. The minimum Gasteiger partial charge on any atom is -0.478 e. The molecular weight excluding hydrogens is 262 g/mol. The molecule has 102 valence electrons. The molecule has 2 amide bonds. The molecular formula is C12H11N5O3. The number of hydrogen-bond donors (Lipinski definition) is 3. The lowest BCUT2D eigenvalue weighted by atomic mass is 10.1. The molecule has 0 aliphatic carbocycles. The quantitative estimate of drug-likeness (QED) is 0.780. The van der Waals surface area contributed by atoms with Gasteiger partial charge in [-0.25, -0.2) is 14.6 Å². The number of carboxylic acids is 1. The highest BCUT2D eigenvalue weighted by atomic mass is 16.4. The predicted molar refractivity (Wildman–Crippen MR) is 70.6 cm³/mol. The molecule has 0 saturated carbocycles. The fraction of sp³-hybridized carbons (Fsp3) is 0.0833. The van der Waals surface area contributed by atoms with Gasteiger partial charge in [-0.2, -0.15) is 5.10 Å². The Morgan fingerprint density at radius 3 is 2.65 bits per heavy atom. The molecule has 0 aliphatic heterocycles. The van der Waals surface area contributed by atoms with Crippen LogP contribution in [0.25, 0.3) is 0 Å². The number of carbonyl (C=O) groups is 2. The number of nitrogens with zero attached hydrogens (tertiary/aromatic N) is 3. The third-order valence-corrected chi connectivity index (χ3v) is 2.44. The van der Waals surface area contributed by atoms with Crippen molar-refractivity contribution in [2.75, 3.05) is 10.6 Å². The topological polar surface area (TPSA) is 117 Å². The summed E-state index contributed by atoms with van der Waals surface area (Å²) in [4.78, 5) is 26.7. The lowest BCUT2D eigenvalue weighted by Gasteiger charge is -2.10. The van der Waals surface area contributed by atoms with Gasteiger partial charge in [0.1, 0.15) is 0 Å². The van der Waals surface area contributed by atoms with Crippen molar-refractivity contribution in [1.29, 1.82) is 0 Å². The zero-order valence-corrected chi connectivity index (χ0v) is 10.5. The number of aryl methyl sites for hydroxylation is 1. The van der Waals surface area contributed by atoms with Crippen molar-refractivity contribution in [2.45, 2.75) is 6.92 Å². The average molecular weight is 273 g/mol. The predicted octanol–water partition coefficient (Wildman–Crippen LogP) is 1.52. The van der Waals surface area contributed by atoms with Gasteiger partial charge in [-0.05, 0) is 18.6 Å². The molecule has 0 unspecified atom stereocenters. The van der Waals surface area contributed by atoms with Gasteiger partial charge in [0.25, 0.3) is 5.95 Å². The lowest BCUT2D eigenvalue weighted by molar-refractivity contribution is 0.0697. The maximum absolute atomic E-state index is 11.7. The van der Waals surface area contributed by atoms with E-state index in [1.807, 2.05) is 0 Å². The number of nitrogens with one attached hydrogen (secondary N) is 2. The Hall–Kier alpha value is -3.03. The lowest BCUT2D eigenvalue weighted by Crippen LogP contribution is -2.22. The van der Waals surface area contributed by atoms with Gasteiger partial charge in [0.05, 0.1) is 23.6 Å². The summed E-state index contributed by atoms with van der Waals surface area (Å²) in [5, 5.41) is 21.1. The number of carboxylic acid groups (broad SMARTS) is 1. The number of anilines is 2. The summed E-state index contributed by atoms with van der Waals surface area (Å²) in [6.07, 6.45) is 2.74. The smallest absolute Gasteiger partial charge is 0.338 e. The van der Waals surface area contributed by atoms with Crippen LogP contribution in [0.4, 0.5) is 16.4 Å². The summed E-state index contributed by atoms with van der Waals surface area (Å²) in [6, 6.07) is 4.15. The first-order valence-electron chi connectivity index (χ1n) is 5.62. The molecule has 1 aromatic heterocycles. The van der Waals surface area contributed by atoms with Crippen LogP contribution in [0.15, 0.2) is 30.6 Å². The minimum absolute atomic E-state index is 0.0227. The number of urea groups is 1. The number of hydrogen-bond acceptors (Lipinski definition) is 5. The molecule has 0 radical (unpaired) electrons. The van der Waals surface area contributed by atoms with Crippen LogP contribution in [0.2, 0.25) is 0 Å². The Balaban J connectivity index is 2.16. The van der Waals surface area contributed by atoms with E-state index in [1.165, 1.54) is 18.5 Å². The maximum Gasteiger partial charge on any atom is 0.338 e.